The number of nitriles is 1. The van der Waals surface area contributed by atoms with E-state index in [-0.39, 0.29) is 16.1 Å². The van der Waals surface area contributed by atoms with Crippen molar-refractivity contribution in [3.05, 3.63) is 28.3 Å². The molecule has 1 aromatic carbocycles. The number of carboxylic acid groups (broad SMARTS) is 1. The van der Waals surface area contributed by atoms with Gasteiger partial charge in [-0.3, -0.25) is 0 Å². The van der Waals surface area contributed by atoms with Crippen LogP contribution in [0.4, 0.5) is 0 Å². The molecule has 0 aliphatic heterocycles. The maximum atomic E-state index is 10.6. The van der Waals surface area contributed by atoms with Crippen LogP contribution in [0, 0.1) is 11.3 Å². The van der Waals surface area contributed by atoms with E-state index in [1.54, 1.807) is 6.07 Å². The first-order valence-electron chi connectivity index (χ1n) is 3.22. The van der Waals surface area contributed by atoms with Crippen molar-refractivity contribution >= 4 is 30.2 Å². The molecule has 0 aromatic heterocycles. The molecule has 0 bridgehead atoms. The third-order valence-electron chi connectivity index (χ3n) is 1.44. The summed E-state index contributed by atoms with van der Waals surface area (Å²) >= 11 is 9.59. The Labute approximate surface area is 85.0 Å². The summed E-state index contributed by atoms with van der Waals surface area (Å²) in [6.45, 7) is 0. The summed E-state index contributed by atoms with van der Waals surface area (Å²) in [6.07, 6.45) is 0. The second kappa shape index (κ2) is 3.69. The first-order valence-corrected chi connectivity index (χ1v) is 4.04. The van der Waals surface area contributed by atoms with E-state index in [1.807, 2.05) is 0 Å². The summed E-state index contributed by atoms with van der Waals surface area (Å²) in [5.41, 5.74) is -0.0489. The van der Waals surface area contributed by atoms with Gasteiger partial charge >= 0.3 is 5.97 Å². The van der Waals surface area contributed by atoms with Gasteiger partial charge in [0.05, 0.1) is 16.1 Å². The summed E-state index contributed by atoms with van der Waals surface area (Å²) in [5.74, 6) is -1.16. The van der Waals surface area contributed by atoms with Crippen molar-refractivity contribution in [2.45, 2.75) is 4.90 Å². The predicted molar refractivity (Wildman–Crippen MR) is 50.4 cm³/mol. The van der Waals surface area contributed by atoms with E-state index in [4.69, 9.17) is 22.0 Å². The highest BCUT2D eigenvalue weighted by Gasteiger charge is 2.12. The zero-order valence-corrected chi connectivity index (χ0v) is 7.93. The molecule has 0 atom stereocenters. The first-order chi connectivity index (χ1) is 6.06. The molecule has 0 saturated carbocycles. The third-order valence-corrected chi connectivity index (χ3v) is 2.25. The Bertz CT molecular complexity index is 411. The van der Waals surface area contributed by atoms with Gasteiger partial charge in [-0.15, -0.1) is 12.6 Å². The van der Waals surface area contributed by atoms with Crippen LogP contribution in [0.25, 0.3) is 0 Å². The van der Waals surface area contributed by atoms with Crippen molar-refractivity contribution in [2.24, 2.45) is 0 Å². The van der Waals surface area contributed by atoms with E-state index >= 15 is 0 Å². The van der Waals surface area contributed by atoms with E-state index in [1.165, 1.54) is 12.1 Å². The van der Waals surface area contributed by atoms with E-state index in [9.17, 15) is 4.79 Å². The van der Waals surface area contributed by atoms with Crippen LogP contribution in [0.1, 0.15) is 15.9 Å². The maximum absolute atomic E-state index is 10.6. The van der Waals surface area contributed by atoms with Crippen LogP contribution in [0.15, 0.2) is 17.0 Å². The normalized spacial score (nSPS) is 9.31. The smallest absolute Gasteiger partial charge is 0.337 e. The second-order valence-corrected chi connectivity index (χ2v) is 3.16. The fraction of sp³-hybridized carbons (Fsp3) is 0. The summed E-state index contributed by atoms with van der Waals surface area (Å²) in [6, 6.07) is 4.29. The average molecular weight is 214 g/mol. The fourth-order valence-corrected chi connectivity index (χ4v) is 1.19. The Morgan fingerprint density at radius 2 is 2.23 bits per heavy atom. The number of thiol groups is 1. The van der Waals surface area contributed by atoms with Crippen molar-refractivity contribution in [1.82, 2.24) is 0 Å². The van der Waals surface area contributed by atoms with Gasteiger partial charge in [0, 0.05) is 4.90 Å². The van der Waals surface area contributed by atoms with E-state index in [2.05, 4.69) is 12.6 Å². The Morgan fingerprint density at radius 3 is 2.69 bits per heavy atom. The van der Waals surface area contributed by atoms with Gasteiger partial charge < -0.3 is 5.11 Å². The molecular formula is C8H4ClNO2S. The van der Waals surface area contributed by atoms with Gasteiger partial charge in [-0.25, -0.2) is 4.79 Å². The molecule has 0 unspecified atom stereocenters. The third kappa shape index (κ3) is 1.94. The van der Waals surface area contributed by atoms with Crippen molar-refractivity contribution in [1.29, 1.82) is 5.26 Å². The van der Waals surface area contributed by atoms with Gasteiger partial charge in [-0.05, 0) is 12.1 Å². The number of hydrogen-bond acceptors (Lipinski definition) is 3. The Morgan fingerprint density at radius 1 is 1.62 bits per heavy atom. The fourth-order valence-electron chi connectivity index (χ4n) is 0.831. The van der Waals surface area contributed by atoms with Crippen molar-refractivity contribution in [2.75, 3.05) is 0 Å². The monoisotopic (exact) mass is 213 g/mol. The van der Waals surface area contributed by atoms with Gasteiger partial charge in [0.2, 0.25) is 0 Å². The lowest BCUT2D eigenvalue weighted by molar-refractivity contribution is 0.0696. The molecule has 0 heterocycles. The molecule has 13 heavy (non-hydrogen) atoms. The van der Waals surface area contributed by atoms with Crippen LogP contribution in [0.3, 0.4) is 0 Å². The van der Waals surface area contributed by atoms with Gasteiger partial charge in [-0.2, -0.15) is 5.26 Å². The number of carboxylic acids is 1. The molecule has 0 aliphatic carbocycles. The van der Waals surface area contributed by atoms with Gasteiger partial charge in [0.15, 0.2) is 0 Å². The predicted octanol–water partition coefficient (Wildman–Crippen LogP) is 2.20. The average Bonchev–Trinajstić information content (AvgIpc) is 2.08. The number of rotatable bonds is 1. The summed E-state index contributed by atoms with van der Waals surface area (Å²) < 4.78 is 0. The highest BCUT2D eigenvalue weighted by molar-refractivity contribution is 7.80. The molecule has 1 N–H and O–H groups in total. The molecule has 1 aromatic rings. The molecule has 3 nitrogen and oxygen atoms in total. The lowest BCUT2D eigenvalue weighted by atomic mass is 10.1. The number of halogens is 1. The van der Waals surface area contributed by atoms with Crippen molar-refractivity contribution in [3.63, 3.8) is 0 Å². The van der Waals surface area contributed by atoms with E-state index in [0.29, 0.717) is 4.90 Å². The van der Waals surface area contributed by atoms with E-state index in [0.717, 1.165) is 0 Å². The summed E-state index contributed by atoms with van der Waals surface area (Å²) in [4.78, 5) is 11.0. The topological polar surface area (TPSA) is 61.1 Å². The van der Waals surface area contributed by atoms with Gasteiger partial charge in [0.1, 0.15) is 6.07 Å². The van der Waals surface area contributed by atoms with Crippen LogP contribution < -0.4 is 0 Å². The van der Waals surface area contributed by atoms with Crippen LogP contribution in [-0.2, 0) is 0 Å². The Balaban J connectivity index is 3.44. The standard InChI is InChI=1S/C8H4ClNO2S/c9-6-1-4(3-10)5(8(11)12)2-7(6)13/h1-2,13H,(H,11,12). The van der Waals surface area contributed by atoms with Crippen molar-refractivity contribution < 1.29 is 9.90 Å². The summed E-state index contributed by atoms with van der Waals surface area (Å²) in [5, 5.41) is 17.5. The molecular weight excluding hydrogens is 210 g/mol. The zero-order chi connectivity index (χ0) is 10.0. The number of nitrogens with zero attached hydrogens (tertiary/aromatic N) is 1. The molecule has 0 radical (unpaired) electrons. The molecule has 1 rings (SSSR count). The number of aromatic carboxylic acids is 1. The van der Waals surface area contributed by atoms with Crippen LogP contribution in [0.5, 0.6) is 0 Å². The second-order valence-electron chi connectivity index (χ2n) is 2.27. The SMILES string of the molecule is N#Cc1cc(Cl)c(S)cc1C(=O)O. The quantitative estimate of drug-likeness (QED) is 0.703. The zero-order valence-electron chi connectivity index (χ0n) is 6.28. The lowest BCUT2D eigenvalue weighted by Gasteiger charge is -2.01. The highest BCUT2D eigenvalue weighted by atomic mass is 35.5. The first kappa shape index (κ1) is 9.90. The molecule has 0 aliphatic rings. The van der Waals surface area contributed by atoms with Crippen molar-refractivity contribution in [3.8, 4) is 6.07 Å². The molecule has 66 valence electrons. The number of carbonyl (C=O) groups is 1. The van der Waals surface area contributed by atoms with Crippen LogP contribution >= 0.6 is 24.2 Å². The van der Waals surface area contributed by atoms with Gasteiger partial charge in [0.25, 0.3) is 0 Å². The van der Waals surface area contributed by atoms with Crippen LogP contribution in [-0.4, -0.2) is 11.1 Å². The molecule has 5 heteroatoms. The Hall–Kier alpha value is -1.18. The van der Waals surface area contributed by atoms with Crippen LogP contribution in [0.2, 0.25) is 5.02 Å². The minimum absolute atomic E-state index is 0.0373. The minimum atomic E-state index is -1.16. The largest absolute Gasteiger partial charge is 0.478 e. The lowest BCUT2D eigenvalue weighted by Crippen LogP contribution is -2.00. The van der Waals surface area contributed by atoms with Gasteiger partial charge in [-0.1, -0.05) is 11.6 Å². The summed E-state index contributed by atoms with van der Waals surface area (Å²) in [7, 11) is 0. The molecule has 0 saturated heterocycles. The number of benzene rings is 1. The highest BCUT2D eigenvalue weighted by Crippen LogP contribution is 2.24. The Kier molecular flexibility index (Phi) is 2.81. The molecule has 0 fully saturated rings. The maximum Gasteiger partial charge on any atom is 0.337 e. The molecule has 0 amide bonds. The van der Waals surface area contributed by atoms with E-state index < -0.39 is 5.97 Å². The number of hydrogen-bond donors (Lipinski definition) is 2. The minimum Gasteiger partial charge on any atom is -0.478 e. The molecule has 0 spiro atoms.